The number of hydrogen-bond acceptors (Lipinski definition) is 4. The van der Waals surface area contributed by atoms with Gasteiger partial charge in [0.05, 0.1) is 5.92 Å². The molecule has 0 spiro atoms. The van der Waals surface area contributed by atoms with Gasteiger partial charge in [-0.05, 0) is 0 Å². The second-order valence-corrected chi connectivity index (χ2v) is 4.11. The third kappa shape index (κ3) is 3.42. The van der Waals surface area contributed by atoms with Crippen LogP contribution in [0.4, 0.5) is 19.1 Å². The van der Waals surface area contributed by atoms with E-state index in [1.807, 2.05) is 0 Å². The van der Waals surface area contributed by atoms with E-state index >= 15 is 0 Å². The van der Waals surface area contributed by atoms with E-state index in [4.69, 9.17) is 0 Å². The molecule has 1 aliphatic rings. The predicted molar refractivity (Wildman–Crippen MR) is 55.8 cm³/mol. The molecule has 0 aromatic carbocycles. The smallest absolute Gasteiger partial charge is 0.333 e. The molecule has 1 fully saturated rings. The zero-order chi connectivity index (χ0) is 14.0. The second kappa shape index (κ2) is 4.86. The number of nitrogens with zero attached hydrogens (tertiary/aromatic N) is 3. The maximum absolute atomic E-state index is 12.2. The minimum absolute atomic E-state index is 0.0896. The molecule has 1 atom stereocenters. The minimum atomic E-state index is -4.47. The highest BCUT2D eigenvalue weighted by atomic mass is 19.4. The summed E-state index contributed by atoms with van der Waals surface area (Å²) >= 11 is 0. The van der Waals surface area contributed by atoms with Crippen molar-refractivity contribution >= 4 is 17.8 Å². The Labute approximate surface area is 105 Å². The summed E-state index contributed by atoms with van der Waals surface area (Å²) in [6.45, 7) is -1.59. The molecule has 2 amide bonds. The fourth-order valence-electron chi connectivity index (χ4n) is 1.80. The number of halogens is 3. The molecule has 0 saturated carbocycles. The Morgan fingerprint density at radius 3 is 2.89 bits per heavy atom. The van der Waals surface area contributed by atoms with Crippen LogP contribution in [0, 0.1) is 5.92 Å². The number of hydrogen-bond donors (Lipinski definition) is 2. The van der Waals surface area contributed by atoms with E-state index in [1.165, 1.54) is 6.33 Å². The van der Waals surface area contributed by atoms with Gasteiger partial charge in [0.2, 0.25) is 17.8 Å². The Morgan fingerprint density at radius 2 is 2.32 bits per heavy atom. The zero-order valence-corrected chi connectivity index (χ0v) is 9.57. The van der Waals surface area contributed by atoms with E-state index < -0.39 is 30.5 Å². The minimum Gasteiger partial charge on any atom is -0.333 e. The molecule has 2 N–H and O–H groups in total. The lowest BCUT2D eigenvalue weighted by molar-refractivity contribution is -0.157. The van der Waals surface area contributed by atoms with E-state index in [0.717, 1.165) is 0 Å². The van der Waals surface area contributed by atoms with Gasteiger partial charge >= 0.3 is 6.18 Å². The van der Waals surface area contributed by atoms with Crippen molar-refractivity contribution in [3.05, 3.63) is 6.33 Å². The van der Waals surface area contributed by atoms with Crippen molar-refractivity contribution in [2.75, 3.05) is 18.4 Å². The number of carbonyl (C=O) groups is 2. The third-order valence-electron chi connectivity index (χ3n) is 2.61. The number of H-pyrrole nitrogens is 1. The van der Waals surface area contributed by atoms with Gasteiger partial charge in [-0.25, -0.2) is 5.10 Å². The molecule has 10 heteroatoms. The van der Waals surface area contributed by atoms with Crippen LogP contribution < -0.4 is 5.32 Å². The summed E-state index contributed by atoms with van der Waals surface area (Å²) in [5.74, 6) is -1.98. The van der Waals surface area contributed by atoms with Gasteiger partial charge in [0, 0.05) is 13.0 Å². The zero-order valence-electron chi connectivity index (χ0n) is 9.57. The topological polar surface area (TPSA) is 91.0 Å². The molecule has 0 aliphatic carbocycles. The first-order chi connectivity index (χ1) is 8.85. The number of carbonyl (C=O) groups excluding carboxylic acids is 2. The van der Waals surface area contributed by atoms with Crippen LogP contribution in [0.3, 0.4) is 0 Å². The highest BCUT2D eigenvalue weighted by molar-refractivity contribution is 5.96. The molecule has 0 radical (unpaired) electrons. The molecule has 1 aromatic heterocycles. The van der Waals surface area contributed by atoms with Crippen LogP contribution in [-0.4, -0.2) is 51.2 Å². The first-order valence-corrected chi connectivity index (χ1v) is 5.36. The molecule has 0 bridgehead atoms. The Kier molecular flexibility index (Phi) is 3.40. The lowest BCUT2D eigenvalue weighted by atomic mass is 10.1. The van der Waals surface area contributed by atoms with Crippen LogP contribution in [0.25, 0.3) is 0 Å². The number of aromatic amines is 1. The quantitative estimate of drug-likeness (QED) is 0.823. The monoisotopic (exact) mass is 277 g/mol. The van der Waals surface area contributed by atoms with Crippen molar-refractivity contribution in [1.29, 1.82) is 0 Å². The highest BCUT2D eigenvalue weighted by Gasteiger charge is 2.40. The van der Waals surface area contributed by atoms with Crippen molar-refractivity contribution < 1.29 is 22.8 Å². The van der Waals surface area contributed by atoms with Crippen molar-refractivity contribution in [3.63, 3.8) is 0 Å². The van der Waals surface area contributed by atoms with Crippen LogP contribution in [0.5, 0.6) is 0 Å². The van der Waals surface area contributed by atoms with Gasteiger partial charge in [-0.3, -0.25) is 14.9 Å². The SMILES string of the molecule is O=C(Nc1ncn[nH]1)[C@@H]1CC(=O)N(CC(F)(F)F)C1. The number of likely N-dealkylation sites (tertiary alicyclic amines) is 1. The molecule has 7 nitrogen and oxygen atoms in total. The first-order valence-electron chi connectivity index (χ1n) is 5.36. The first kappa shape index (κ1) is 13.3. The number of anilines is 1. The summed E-state index contributed by atoms with van der Waals surface area (Å²) in [7, 11) is 0. The Morgan fingerprint density at radius 1 is 1.58 bits per heavy atom. The van der Waals surface area contributed by atoms with Crippen LogP contribution in [0.15, 0.2) is 6.33 Å². The molecule has 2 heterocycles. The molecule has 1 saturated heterocycles. The fourth-order valence-corrected chi connectivity index (χ4v) is 1.80. The number of rotatable bonds is 3. The van der Waals surface area contributed by atoms with Gasteiger partial charge in [-0.2, -0.15) is 23.3 Å². The maximum Gasteiger partial charge on any atom is 0.406 e. The summed E-state index contributed by atoms with van der Waals surface area (Å²) in [4.78, 5) is 27.4. The van der Waals surface area contributed by atoms with Gasteiger partial charge in [-0.15, -0.1) is 0 Å². The van der Waals surface area contributed by atoms with E-state index in [2.05, 4.69) is 20.5 Å². The van der Waals surface area contributed by atoms with E-state index in [9.17, 15) is 22.8 Å². The van der Waals surface area contributed by atoms with Crippen molar-refractivity contribution in [2.45, 2.75) is 12.6 Å². The number of aromatic nitrogens is 3. The Bertz CT molecular complexity index is 473. The lowest BCUT2D eigenvalue weighted by Gasteiger charge is -2.18. The summed E-state index contributed by atoms with van der Waals surface area (Å²) in [5, 5.41) is 8.22. The number of alkyl halides is 3. The van der Waals surface area contributed by atoms with Crippen LogP contribution in [-0.2, 0) is 9.59 Å². The van der Waals surface area contributed by atoms with Gasteiger partial charge in [0.1, 0.15) is 12.9 Å². The summed E-state index contributed by atoms with van der Waals surface area (Å²) in [5.41, 5.74) is 0. The molecular weight excluding hydrogens is 267 g/mol. The van der Waals surface area contributed by atoms with Crippen LogP contribution >= 0.6 is 0 Å². The van der Waals surface area contributed by atoms with E-state index in [1.54, 1.807) is 0 Å². The van der Waals surface area contributed by atoms with Gasteiger partial charge < -0.3 is 4.90 Å². The van der Waals surface area contributed by atoms with E-state index in [-0.39, 0.29) is 18.9 Å². The molecule has 19 heavy (non-hydrogen) atoms. The second-order valence-electron chi connectivity index (χ2n) is 4.11. The van der Waals surface area contributed by atoms with Crippen LogP contribution in [0.2, 0.25) is 0 Å². The average molecular weight is 277 g/mol. The molecule has 0 unspecified atom stereocenters. The van der Waals surface area contributed by atoms with E-state index in [0.29, 0.717) is 4.90 Å². The highest BCUT2D eigenvalue weighted by Crippen LogP contribution is 2.24. The van der Waals surface area contributed by atoms with Gasteiger partial charge in [0.25, 0.3) is 0 Å². The Balaban J connectivity index is 1.93. The Hall–Kier alpha value is -2.13. The molecule has 104 valence electrons. The molecule has 1 aliphatic heterocycles. The summed E-state index contributed by atoms with van der Waals surface area (Å²) < 4.78 is 36.6. The van der Waals surface area contributed by atoms with Gasteiger partial charge in [0.15, 0.2) is 0 Å². The van der Waals surface area contributed by atoms with Gasteiger partial charge in [-0.1, -0.05) is 0 Å². The predicted octanol–water partition coefficient (Wildman–Crippen LogP) is 0.154. The summed E-state index contributed by atoms with van der Waals surface area (Å²) in [6, 6.07) is 0. The number of amides is 2. The largest absolute Gasteiger partial charge is 0.406 e. The van der Waals surface area contributed by atoms with Crippen LogP contribution in [0.1, 0.15) is 6.42 Å². The molecule has 2 rings (SSSR count). The van der Waals surface area contributed by atoms with Crippen molar-refractivity contribution in [2.24, 2.45) is 5.92 Å². The molecule has 1 aromatic rings. The average Bonchev–Trinajstić information content (AvgIpc) is 2.88. The van der Waals surface area contributed by atoms with Crippen molar-refractivity contribution in [1.82, 2.24) is 20.1 Å². The summed E-state index contributed by atoms with van der Waals surface area (Å²) in [6.07, 6.45) is -3.53. The maximum atomic E-state index is 12.2. The number of nitrogens with one attached hydrogen (secondary N) is 2. The lowest BCUT2D eigenvalue weighted by Crippen LogP contribution is -2.36. The van der Waals surface area contributed by atoms with Crippen molar-refractivity contribution in [3.8, 4) is 0 Å². The normalized spacial score (nSPS) is 19.8. The fraction of sp³-hybridized carbons (Fsp3) is 0.556. The standard InChI is InChI=1S/C9H10F3N5O2/c10-9(11,12)3-17-2-5(1-6(17)18)7(19)15-8-13-4-14-16-8/h4-5H,1-3H2,(H2,13,14,15,16,19)/t5-/m1/s1. The molecular formula is C9H10F3N5O2. The third-order valence-corrected chi connectivity index (χ3v) is 2.61.